The highest BCUT2D eigenvalue weighted by atomic mass is 32.2. The number of nitrogens with zero attached hydrogens (tertiary/aromatic N) is 2. The summed E-state index contributed by atoms with van der Waals surface area (Å²) in [5, 5.41) is 16.1. The van der Waals surface area contributed by atoms with Gasteiger partial charge in [0.1, 0.15) is 11.5 Å². The van der Waals surface area contributed by atoms with Crippen LogP contribution in [0.4, 0.5) is 5.69 Å². The van der Waals surface area contributed by atoms with Gasteiger partial charge < -0.3 is 9.57 Å². The number of benzene rings is 5. The largest absolute Gasteiger partial charge is 0.497 e. The van der Waals surface area contributed by atoms with Crippen LogP contribution >= 0.6 is 11.8 Å². The third kappa shape index (κ3) is 4.63. The van der Waals surface area contributed by atoms with Crippen molar-refractivity contribution in [3.05, 3.63) is 166 Å². The van der Waals surface area contributed by atoms with Crippen molar-refractivity contribution in [1.29, 1.82) is 0 Å². The molecule has 220 valence electrons. The van der Waals surface area contributed by atoms with Gasteiger partial charge in [-0.15, -0.1) is 11.8 Å². The minimum atomic E-state index is -4.42. The molecule has 6 rings (SSSR count). The van der Waals surface area contributed by atoms with Crippen molar-refractivity contribution < 1.29 is 22.9 Å². The Morgan fingerprint density at radius 3 is 1.89 bits per heavy atom. The maximum atomic E-state index is 15.3. The lowest BCUT2D eigenvalue weighted by Gasteiger charge is -2.43. The number of hydrogen-bond donors (Lipinski definition) is 0. The third-order valence-electron chi connectivity index (χ3n) is 7.51. The van der Waals surface area contributed by atoms with Crippen molar-refractivity contribution in [2.75, 3.05) is 7.11 Å². The van der Waals surface area contributed by atoms with Crippen LogP contribution < -0.4 is 4.74 Å². The van der Waals surface area contributed by atoms with Crippen LogP contribution in [-0.2, 0) is 24.4 Å². The molecule has 2 unspecified atom stereocenters. The van der Waals surface area contributed by atoms with Crippen molar-refractivity contribution >= 4 is 33.0 Å². The normalized spacial score (nSPS) is 19.5. The average Bonchev–Trinajstić information content (AvgIpc) is 3.43. The highest BCUT2D eigenvalue weighted by Crippen LogP contribution is 2.63. The molecule has 0 fully saturated rings. The van der Waals surface area contributed by atoms with E-state index in [2.05, 4.69) is 5.16 Å². The Balaban J connectivity index is 1.75. The smallest absolute Gasteiger partial charge is 0.290 e. The fraction of sp³-hybridized carbons (Fsp3) is 0.0882. The topological polar surface area (TPSA) is 108 Å². The zero-order valence-corrected chi connectivity index (χ0v) is 25.1. The molecule has 2 atom stereocenters. The number of nitro groups is 1. The van der Waals surface area contributed by atoms with Crippen LogP contribution in [-0.4, -0.2) is 26.2 Å². The highest BCUT2D eigenvalue weighted by molar-refractivity contribution is 8.02. The first-order chi connectivity index (χ1) is 21.3. The van der Waals surface area contributed by atoms with E-state index in [0.29, 0.717) is 28.2 Å². The molecule has 44 heavy (non-hydrogen) atoms. The molecule has 10 heteroatoms. The number of rotatable bonds is 9. The fourth-order valence-electron chi connectivity index (χ4n) is 5.46. The molecule has 1 heterocycles. The van der Waals surface area contributed by atoms with Gasteiger partial charge in [0.25, 0.3) is 10.6 Å². The lowest BCUT2D eigenvalue weighted by atomic mass is 9.81. The predicted octanol–water partition coefficient (Wildman–Crippen LogP) is 7.35. The lowest BCUT2D eigenvalue weighted by molar-refractivity contribution is -0.384. The van der Waals surface area contributed by atoms with Crippen LogP contribution in [0.25, 0.3) is 0 Å². The van der Waals surface area contributed by atoms with Gasteiger partial charge in [-0.1, -0.05) is 84.0 Å². The van der Waals surface area contributed by atoms with E-state index in [1.54, 1.807) is 54.6 Å². The summed E-state index contributed by atoms with van der Waals surface area (Å²) in [4.78, 5) is 16.1. The summed E-state index contributed by atoms with van der Waals surface area (Å²) < 4.78 is 34.4. The molecule has 1 aliphatic rings. The molecule has 1 aliphatic heterocycles. The molecule has 0 saturated carbocycles. The molecular weight excluding hydrogens is 597 g/mol. The van der Waals surface area contributed by atoms with E-state index in [9.17, 15) is 10.1 Å². The molecular formula is C34H26N2O6S2. The van der Waals surface area contributed by atoms with E-state index in [0.717, 1.165) is 4.90 Å². The summed E-state index contributed by atoms with van der Waals surface area (Å²) >= 11 is 1.30. The number of hydrogen-bond acceptors (Lipinski definition) is 8. The standard InChI is InChI=1S/C34H26N2O6S2/c1-41-29-23-19-27(20-24-29)34(44(39,40)31-15-9-4-10-16-31)33(26-11-5-2-6-12-26,43-30-13-7-3-8-14-30)32(35-42-34)25-17-21-28(22-18-25)36(37)38/h2-24H,1H3. The molecule has 0 bridgehead atoms. The van der Waals surface area contributed by atoms with Crippen molar-refractivity contribution in [2.24, 2.45) is 5.16 Å². The molecule has 0 aliphatic carbocycles. The van der Waals surface area contributed by atoms with Gasteiger partial charge in [-0.3, -0.25) is 10.1 Å². The van der Waals surface area contributed by atoms with Crippen LogP contribution in [0.15, 0.2) is 154 Å². The van der Waals surface area contributed by atoms with Crippen molar-refractivity contribution in [3.63, 3.8) is 0 Å². The molecule has 0 spiro atoms. The van der Waals surface area contributed by atoms with Gasteiger partial charge in [-0.2, -0.15) is 0 Å². The van der Waals surface area contributed by atoms with Crippen LogP contribution in [0.2, 0.25) is 0 Å². The van der Waals surface area contributed by atoms with Crippen LogP contribution in [0.1, 0.15) is 16.7 Å². The lowest BCUT2D eigenvalue weighted by Crippen LogP contribution is -2.54. The van der Waals surface area contributed by atoms with Crippen molar-refractivity contribution in [3.8, 4) is 5.75 Å². The summed E-state index contributed by atoms with van der Waals surface area (Å²) in [6.45, 7) is 0. The maximum Gasteiger partial charge on any atom is 0.290 e. The Kier molecular flexibility index (Phi) is 7.71. The van der Waals surface area contributed by atoms with Gasteiger partial charge in [-0.25, -0.2) is 8.42 Å². The summed E-state index contributed by atoms with van der Waals surface area (Å²) in [5.74, 6) is 0.538. The second-order valence-electron chi connectivity index (χ2n) is 9.96. The van der Waals surface area contributed by atoms with E-state index >= 15 is 8.42 Å². The first-order valence-corrected chi connectivity index (χ1v) is 15.9. The molecule has 0 N–H and O–H groups in total. The van der Waals surface area contributed by atoms with Crippen LogP contribution in [0.3, 0.4) is 0 Å². The van der Waals surface area contributed by atoms with Gasteiger partial charge in [0.15, 0.2) is 4.75 Å². The molecule has 0 amide bonds. The fourth-order valence-corrected chi connectivity index (χ4v) is 9.37. The quantitative estimate of drug-likeness (QED) is 0.125. The zero-order chi connectivity index (χ0) is 30.8. The molecule has 5 aromatic carbocycles. The Labute approximate surface area is 259 Å². The number of thioether (sulfide) groups is 1. The van der Waals surface area contributed by atoms with E-state index in [4.69, 9.17) is 9.57 Å². The SMILES string of the molecule is COc1ccc(C2(S(=O)(=O)c3ccccc3)ON=C(c3ccc([N+](=O)[O-])cc3)C2(Sc2ccccc2)c2ccccc2)cc1. The Morgan fingerprint density at radius 1 is 0.750 bits per heavy atom. The Bertz CT molecular complexity index is 1920. The number of non-ortho nitro benzene ring substituents is 1. The first-order valence-electron chi connectivity index (χ1n) is 13.6. The summed E-state index contributed by atoms with van der Waals surface area (Å²) in [6, 6.07) is 39.4. The van der Waals surface area contributed by atoms with Crippen molar-refractivity contribution in [1.82, 2.24) is 0 Å². The maximum absolute atomic E-state index is 15.3. The van der Waals surface area contributed by atoms with E-state index in [1.165, 1.54) is 43.1 Å². The number of ether oxygens (including phenoxy) is 1. The number of oxime groups is 1. The van der Waals surface area contributed by atoms with E-state index < -0.39 is 24.4 Å². The average molecular weight is 623 g/mol. The van der Waals surface area contributed by atoms with Gasteiger partial charge in [-0.05, 0) is 54.1 Å². The number of sulfone groups is 1. The van der Waals surface area contributed by atoms with Crippen LogP contribution in [0, 0.1) is 10.1 Å². The molecule has 5 aromatic rings. The highest BCUT2D eigenvalue weighted by Gasteiger charge is 2.71. The van der Waals surface area contributed by atoms with Crippen LogP contribution in [0.5, 0.6) is 5.75 Å². The first kappa shape index (κ1) is 29.2. The minimum absolute atomic E-state index is 0.0462. The van der Waals surface area contributed by atoms with Gasteiger partial charge in [0.2, 0.25) is 9.84 Å². The molecule has 0 aromatic heterocycles. The Morgan fingerprint density at radius 2 is 1.32 bits per heavy atom. The molecule has 0 saturated heterocycles. The number of nitro benzene ring substituents is 1. The Hall–Kier alpha value is -4.93. The summed E-state index contributed by atoms with van der Waals surface area (Å²) in [6.07, 6.45) is 0. The second-order valence-corrected chi connectivity index (χ2v) is 13.3. The van der Waals surface area contributed by atoms with Gasteiger partial charge in [0, 0.05) is 28.2 Å². The van der Waals surface area contributed by atoms with Gasteiger partial charge in [0.05, 0.1) is 16.9 Å². The van der Waals surface area contributed by atoms with Gasteiger partial charge >= 0.3 is 0 Å². The van der Waals surface area contributed by atoms with E-state index in [1.807, 2.05) is 60.7 Å². The monoisotopic (exact) mass is 622 g/mol. The number of methoxy groups -OCH3 is 1. The summed E-state index contributed by atoms with van der Waals surface area (Å²) in [7, 11) is -2.88. The molecule has 0 radical (unpaired) electrons. The predicted molar refractivity (Wildman–Crippen MR) is 169 cm³/mol. The second kappa shape index (κ2) is 11.6. The molecule has 8 nitrogen and oxygen atoms in total. The third-order valence-corrected chi connectivity index (χ3v) is 11.4. The van der Waals surface area contributed by atoms with Crippen molar-refractivity contribution in [2.45, 2.75) is 19.5 Å². The minimum Gasteiger partial charge on any atom is -0.497 e. The zero-order valence-electron chi connectivity index (χ0n) is 23.4. The summed E-state index contributed by atoms with van der Waals surface area (Å²) in [5.41, 5.74) is 1.60. The van der Waals surface area contributed by atoms with E-state index in [-0.39, 0.29) is 10.6 Å².